The van der Waals surface area contributed by atoms with Gasteiger partial charge in [-0.1, -0.05) is 0 Å². The van der Waals surface area contributed by atoms with E-state index in [9.17, 15) is 0 Å². The second-order valence-corrected chi connectivity index (χ2v) is 3.89. The van der Waals surface area contributed by atoms with Crippen LogP contribution in [-0.4, -0.2) is 26.5 Å². The molecular formula is C11H17N5. The Morgan fingerprint density at radius 1 is 1.50 bits per heavy atom. The van der Waals surface area contributed by atoms with Gasteiger partial charge >= 0.3 is 0 Å². The Morgan fingerprint density at radius 2 is 2.38 bits per heavy atom. The molecule has 0 spiro atoms. The zero-order chi connectivity index (χ0) is 11.4. The molecule has 2 aromatic heterocycles. The van der Waals surface area contributed by atoms with Gasteiger partial charge in [0, 0.05) is 49.7 Å². The Balaban J connectivity index is 1.74. The number of nitrogens with zero attached hydrogens (tertiary/aromatic N) is 3. The van der Waals surface area contributed by atoms with Gasteiger partial charge < -0.3 is 5.32 Å². The predicted molar refractivity (Wildman–Crippen MR) is 61.9 cm³/mol. The highest BCUT2D eigenvalue weighted by Gasteiger charge is 2.00. The molecule has 0 bridgehead atoms. The molecule has 2 aromatic rings. The lowest BCUT2D eigenvalue weighted by atomic mass is 10.2. The SMILES string of the molecule is Cc1[nH]ncc1CNCCc1ccnn1C. The van der Waals surface area contributed by atoms with E-state index in [0.717, 1.165) is 25.2 Å². The molecule has 0 amide bonds. The lowest BCUT2D eigenvalue weighted by molar-refractivity contribution is 0.642. The van der Waals surface area contributed by atoms with E-state index in [1.165, 1.54) is 11.3 Å². The fourth-order valence-corrected chi connectivity index (χ4v) is 1.64. The smallest absolute Gasteiger partial charge is 0.0535 e. The normalized spacial score (nSPS) is 10.9. The van der Waals surface area contributed by atoms with Gasteiger partial charge in [-0.05, 0) is 13.0 Å². The molecule has 5 heteroatoms. The van der Waals surface area contributed by atoms with Gasteiger partial charge in [-0.25, -0.2) is 0 Å². The maximum Gasteiger partial charge on any atom is 0.0535 e. The number of aromatic nitrogens is 4. The van der Waals surface area contributed by atoms with E-state index >= 15 is 0 Å². The zero-order valence-corrected chi connectivity index (χ0v) is 9.70. The van der Waals surface area contributed by atoms with Crippen LogP contribution in [-0.2, 0) is 20.0 Å². The largest absolute Gasteiger partial charge is 0.312 e. The van der Waals surface area contributed by atoms with Crippen LogP contribution in [0.3, 0.4) is 0 Å². The molecule has 0 aliphatic heterocycles. The van der Waals surface area contributed by atoms with Gasteiger partial charge in [0.1, 0.15) is 0 Å². The van der Waals surface area contributed by atoms with Gasteiger partial charge in [0.05, 0.1) is 6.20 Å². The summed E-state index contributed by atoms with van der Waals surface area (Å²) < 4.78 is 1.91. The third-order valence-electron chi connectivity index (χ3n) is 2.73. The molecule has 0 unspecified atom stereocenters. The lowest BCUT2D eigenvalue weighted by Gasteiger charge is -2.04. The summed E-state index contributed by atoms with van der Waals surface area (Å²) in [5, 5.41) is 14.4. The van der Waals surface area contributed by atoms with Crippen molar-refractivity contribution in [1.82, 2.24) is 25.3 Å². The minimum Gasteiger partial charge on any atom is -0.312 e. The molecule has 2 rings (SSSR count). The molecular weight excluding hydrogens is 202 g/mol. The van der Waals surface area contributed by atoms with E-state index in [-0.39, 0.29) is 0 Å². The highest BCUT2D eigenvalue weighted by atomic mass is 15.3. The number of hydrogen-bond donors (Lipinski definition) is 2. The second kappa shape index (κ2) is 4.94. The monoisotopic (exact) mass is 219 g/mol. The number of H-pyrrole nitrogens is 1. The van der Waals surface area contributed by atoms with Gasteiger partial charge in [0.25, 0.3) is 0 Å². The molecule has 0 atom stereocenters. The van der Waals surface area contributed by atoms with E-state index in [1.807, 2.05) is 37.1 Å². The average Bonchev–Trinajstić information content (AvgIpc) is 2.84. The summed E-state index contributed by atoms with van der Waals surface area (Å²) in [6.45, 7) is 3.84. The Hall–Kier alpha value is -1.62. The van der Waals surface area contributed by atoms with Crippen LogP contribution in [0.4, 0.5) is 0 Å². The van der Waals surface area contributed by atoms with Crippen molar-refractivity contribution in [3.05, 3.63) is 35.4 Å². The number of nitrogens with one attached hydrogen (secondary N) is 2. The van der Waals surface area contributed by atoms with E-state index in [0.29, 0.717) is 0 Å². The maximum absolute atomic E-state index is 4.13. The third-order valence-corrected chi connectivity index (χ3v) is 2.73. The summed E-state index contributed by atoms with van der Waals surface area (Å²) in [6, 6.07) is 2.05. The third kappa shape index (κ3) is 2.49. The summed E-state index contributed by atoms with van der Waals surface area (Å²) in [6.07, 6.45) is 4.69. The molecule has 0 radical (unpaired) electrons. The van der Waals surface area contributed by atoms with Crippen molar-refractivity contribution < 1.29 is 0 Å². The van der Waals surface area contributed by atoms with Gasteiger partial charge in [-0.2, -0.15) is 10.2 Å². The van der Waals surface area contributed by atoms with Crippen LogP contribution < -0.4 is 5.32 Å². The van der Waals surface area contributed by atoms with E-state index in [4.69, 9.17) is 0 Å². The Kier molecular flexibility index (Phi) is 3.36. The van der Waals surface area contributed by atoms with Gasteiger partial charge in [-0.15, -0.1) is 0 Å². The molecule has 16 heavy (non-hydrogen) atoms. The van der Waals surface area contributed by atoms with Crippen molar-refractivity contribution in [2.45, 2.75) is 19.9 Å². The van der Waals surface area contributed by atoms with Gasteiger partial charge in [0.15, 0.2) is 0 Å². The van der Waals surface area contributed by atoms with Gasteiger partial charge in [0.2, 0.25) is 0 Å². The van der Waals surface area contributed by atoms with Gasteiger partial charge in [-0.3, -0.25) is 9.78 Å². The minimum absolute atomic E-state index is 0.861. The molecule has 0 aliphatic carbocycles. The Labute approximate surface area is 94.9 Å². The molecule has 5 nitrogen and oxygen atoms in total. The van der Waals surface area contributed by atoms with Crippen LogP contribution >= 0.6 is 0 Å². The predicted octanol–water partition coefficient (Wildman–Crippen LogP) is 0.784. The van der Waals surface area contributed by atoms with Crippen LogP contribution in [0, 0.1) is 6.92 Å². The minimum atomic E-state index is 0.861. The van der Waals surface area contributed by atoms with E-state index in [1.54, 1.807) is 0 Å². The van der Waals surface area contributed by atoms with Crippen molar-refractivity contribution in [3.63, 3.8) is 0 Å². The second-order valence-electron chi connectivity index (χ2n) is 3.89. The van der Waals surface area contributed by atoms with Crippen molar-refractivity contribution in [2.75, 3.05) is 6.54 Å². The van der Waals surface area contributed by atoms with Crippen LogP contribution in [0.5, 0.6) is 0 Å². The number of aryl methyl sites for hydroxylation is 2. The molecule has 0 fully saturated rings. The fourth-order valence-electron chi connectivity index (χ4n) is 1.64. The molecule has 0 aromatic carbocycles. The van der Waals surface area contributed by atoms with Crippen LogP contribution in [0.1, 0.15) is 17.0 Å². The van der Waals surface area contributed by atoms with Crippen LogP contribution in [0.25, 0.3) is 0 Å². The quantitative estimate of drug-likeness (QED) is 0.731. The summed E-state index contributed by atoms with van der Waals surface area (Å²) in [4.78, 5) is 0. The maximum atomic E-state index is 4.13. The Bertz CT molecular complexity index is 400. The lowest BCUT2D eigenvalue weighted by Crippen LogP contribution is -2.18. The molecule has 0 aliphatic rings. The fraction of sp³-hybridized carbons (Fsp3) is 0.455. The average molecular weight is 219 g/mol. The first kappa shape index (κ1) is 10.9. The molecule has 0 saturated heterocycles. The first-order valence-corrected chi connectivity index (χ1v) is 5.44. The molecule has 86 valence electrons. The van der Waals surface area contributed by atoms with E-state index in [2.05, 4.69) is 20.6 Å². The summed E-state index contributed by atoms with van der Waals surface area (Å²) in [5.74, 6) is 0. The summed E-state index contributed by atoms with van der Waals surface area (Å²) in [7, 11) is 1.97. The highest BCUT2D eigenvalue weighted by molar-refractivity contribution is 5.13. The van der Waals surface area contributed by atoms with Crippen LogP contribution in [0.2, 0.25) is 0 Å². The number of hydrogen-bond acceptors (Lipinski definition) is 3. The summed E-state index contributed by atoms with van der Waals surface area (Å²) in [5.41, 5.74) is 3.61. The topological polar surface area (TPSA) is 58.5 Å². The van der Waals surface area contributed by atoms with Crippen LogP contribution in [0.15, 0.2) is 18.5 Å². The van der Waals surface area contributed by atoms with Crippen molar-refractivity contribution in [1.29, 1.82) is 0 Å². The number of aromatic amines is 1. The molecule has 2 heterocycles. The van der Waals surface area contributed by atoms with Crippen molar-refractivity contribution in [2.24, 2.45) is 7.05 Å². The summed E-state index contributed by atoms with van der Waals surface area (Å²) >= 11 is 0. The molecule has 2 N–H and O–H groups in total. The Morgan fingerprint density at radius 3 is 3.00 bits per heavy atom. The van der Waals surface area contributed by atoms with Crippen molar-refractivity contribution >= 4 is 0 Å². The number of rotatable bonds is 5. The first-order chi connectivity index (χ1) is 7.77. The highest BCUT2D eigenvalue weighted by Crippen LogP contribution is 2.01. The standard InChI is InChI=1S/C11H17N5/c1-9-10(8-13-15-9)7-12-5-3-11-4-6-14-16(11)2/h4,6,8,12H,3,5,7H2,1-2H3,(H,13,15). The molecule has 0 saturated carbocycles. The van der Waals surface area contributed by atoms with E-state index < -0.39 is 0 Å². The van der Waals surface area contributed by atoms with Crippen molar-refractivity contribution in [3.8, 4) is 0 Å². The first-order valence-electron chi connectivity index (χ1n) is 5.44. The zero-order valence-electron chi connectivity index (χ0n) is 9.70.